The molecule has 2 aliphatic rings. The number of amides is 3. The minimum atomic E-state index is -0.0742. The van der Waals surface area contributed by atoms with E-state index in [9.17, 15) is 9.59 Å². The Hall–Kier alpha value is -3.02. The topological polar surface area (TPSA) is 61.9 Å². The number of ether oxygens (including phenoxy) is 1. The third-order valence-electron chi connectivity index (χ3n) is 5.95. The minimum absolute atomic E-state index is 0.00668. The summed E-state index contributed by atoms with van der Waals surface area (Å²) in [4.78, 5) is 29.7. The van der Waals surface area contributed by atoms with E-state index in [4.69, 9.17) is 4.74 Å². The van der Waals surface area contributed by atoms with Crippen LogP contribution < -0.4 is 15.0 Å². The Labute approximate surface area is 177 Å². The molecule has 0 aliphatic carbocycles. The molecular weight excluding hydrogens is 378 g/mol. The Morgan fingerprint density at radius 1 is 1.07 bits per heavy atom. The Kier molecular flexibility index (Phi) is 5.93. The van der Waals surface area contributed by atoms with Crippen LogP contribution in [0.25, 0.3) is 0 Å². The molecule has 3 amide bonds. The first-order chi connectivity index (χ1) is 14.6. The molecular formula is C24H29N3O3. The molecule has 2 aromatic carbocycles. The van der Waals surface area contributed by atoms with Gasteiger partial charge in [-0.15, -0.1) is 0 Å². The van der Waals surface area contributed by atoms with Crippen molar-refractivity contribution in [2.45, 2.75) is 39.2 Å². The van der Waals surface area contributed by atoms with Crippen molar-refractivity contribution in [3.63, 3.8) is 0 Å². The molecule has 1 saturated heterocycles. The van der Waals surface area contributed by atoms with Gasteiger partial charge in [-0.05, 0) is 49.9 Å². The van der Waals surface area contributed by atoms with E-state index in [1.807, 2.05) is 60.4 Å². The molecule has 1 atom stereocenters. The summed E-state index contributed by atoms with van der Waals surface area (Å²) in [5, 5.41) is 3.09. The molecule has 4 rings (SSSR count). The average Bonchev–Trinajstić information content (AvgIpc) is 2.78. The lowest BCUT2D eigenvalue weighted by atomic mass is 9.95. The van der Waals surface area contributed by atoms with Crippen LogP contribution in [-0.2, 0) is 11.2 Å². The zero-order valence-corrected chi connectivity index (χ0v) is 17.6. The number of benzene rings is 2. The molecule has 0 saturated carbocycles. The fourth-order valence-electron chi connectivity index (χ4n) is 4.26. The van der Waals surface area contributed by atoms with Crippen LogP contribution in [0.5, 0.6) is 5.75 Å². The van der Waals surface area contributed by atoms with Gasteiger partial charge in [-0.2, -0.15) is 0 Å². The van der Waals surface area contributed by atoms with Crippen molar-refractivity contribution < 1.29 is 14.3 Å². The third-order valence-corrected chi connectivity index (χ3v) is 5.95. The number of nitrogens with one attached hydrogen (secondary N) is 1. The van der Waals surface area contributed by atoms with Crippen molar-refractivity contribution >= 4 is 23.3 Å². The van der Waals surface area contributed by atoms with Gasteiger partial charge in [0.2, 0.25) is 5.91 Å². The zero-order valence-electron chi connectivity index (χ0n) is 17.6. The van der Waals surface area contributed by atoms with Crippen LogP contribution in [0.3, 0.4) is 0 Å². The molecule has 0 bridgehead atoms. The molecule has 1 fully saturated rings. The van der Waals surface area contributed by atoms with Crippen molar-refractivity contribution in [3.8, 4) is 5.75 Å². The van der Waals surface area contributed by atoms with Crippen LogP contribution in [0, 0.1) is 5.92 Å². The SMILES string of the molecule is CCc1ccccc1NC(=O)C1CCN(C(=O)N2C[C@@H](C)Oc3ccccc32)CC1. The Morgan fingerprint density at radius 2 is 1.77 bits per heavy atom. The van der Waals surface area contributed by atoms with Crippen LogP contribution in [0.15, 0.2) is 48.5 Å². The molecule has 6 heteroatoms. The minimum Gasteiger partial charge on any atom is -0.487 e. The highest BCUT2D eigenvalue weighted by molar-refractivity contribution is 5.95. The van der Waals surface area contributed by atoms with Crippen molar-refractivity contribution in [1.29, 1.82) is 0 Å². The van der Waals surface area contributed by atoms with E-state index in [1.54, 1.807) is 4.90 Å². The van der Waals surface area contributed by atoms with Gasteiger partial charge in [0.05, 0.1) is 12.2 Å². The maximum Gasteiger partial charge on any atom is 0.324 e. The van der Waals surface area contributed by atoms with Crippen LogP contribution in [0.4, 0.5) is 16.2 Å². The lowest BCUT2D eigenvalue weighted by Crippen LogP contribution is -2.51. The summed E-state index contributed by atoms with van der Waals surface area (Å²) in [5.41, 5.74) is 2.85. The largest absolute Gasteiger partial charge is 0.487 e. The Bertz CT molecular complexity index is 921. The van der Waals surface area contributed by atoms with Crippen molar-refractivity contribution in [2.24, 2.45) is 5.92 Å². The maximum absolute atomic E-state index is 13.2. The second kappa shape index (κ2) is 8.78. The van der Waals surface area contributed by atoms with E-state index in [-0.39, 0.29) is 24.0 Å². The van der Waals surface area contributed by atoms with Crippen molar-refractivity contribution in [2.75, 3.05) is 29.9 Å². The van der Waals surface area contributed by atoms with Gasteiger partial charge < -0.3 is 15.0 Å². The summed E-state index contributed by atoms with van der Waals surface area (Å²) in [7, 11) is 0. The first kappa shape index (κ1) is 20.3. The molecule has 0 spiro atoms. The predicted molar refractivity (Wildman–Crippen MR) is 118 cm³/mol. The molecule has 1 N–H and O–H groups in total. The number of rotatable bonds is 3. The highest BCUT2D eigenvalue weighted by atomic mass is 16.5. The van der Waals surface area contributed by atoms with Crippen LogP contribution in [0.1, 0.15) is 32.3 Å². The smallest absolute Gasteiger partial charge is 0.324 e. The van der Waals surface area contributed by atoms with Gasteiger partial charge in [0, 0.05) is 24.7 Å². The number of hydrogen-bond donors (Lipinski definition) is 1. The molecule has 0 unspecified atom stereocenters. The standard InChI is InChI=1S/C24H29N3O3/c1-3-18-8-4-5-9-20(18)25-23(28)19-12-14-26(15-13-19)24(29)27-16-17(2)30-22-11-7-6-10-21(22)27/h4-11,17,19H,3,12-16H2,1-2H3,(H,25,28)/t17-/m1/s1. The summed E-state index contributed by atoms with van der Waals surface area (Å²) < 4.78 is 5.86. The second-order valence-electron chi connectivity index (χ2n) is 8.05. The number of likely N-dealkylation sites (tertiary alicyclic amines) is 1. The lowest BCUT2D eigenvalue weighted by Gasteiger charge is -2.39. The normalized spacial score (nSPS) is 19.1. The number of urea groups is 1. The van der Waals surface area contributed by atoms with Gasteiger partial charge in [-0.25, -0.2) is 4.79 Å². The van der Waals surface area contributed by atoms with Gasteiger partial charge in [-0.1, -0.05) is 37.3 Å². The molecule has 2 heterocycles. The average molecular weight is 408 g/mol. The third kappa shape index (κ3) is 4.13. The number of para-hydroxylation sites is 3. The second-order valence-corrected chi connectivity index (χ2v) is 8.05. The van der Waals surface area contributed by atoms with Gasteiger partial charge >= 0.3 is 6.03 Å². The fraction of sp³-hybridized carbons (Fsp3) is 0.417. The van der Waals surface area contributed by atoms with E-state index in [0.29, 0.717) is 32.5 Å². The van der Waals surface area contributed by atoms with E-state index >= 15 is 0 Å². The number of anilines is 2. The Morgan fingerprint density at radius 3 is 2.53 bits per heavy atom. The van der Waals surface area contributed by atoms with Gasteiger partial charge in [0.1, 0.15) is 11.9 Å². The molecule has 2 aromatic rings. The van der Waals surface area contributed by atoms with Gasteiger partial charge in [-0.3, -0.25) is 9.69 Å². The van der Waals surface area contributed by atoms with E-state index in [2.05, 4.69) is 12.2 Å². The number of carbonyl (C=O) groups is 2. The van der Waals surface area contributed by atoms with E-state index in [1.165, 1.54) is 0 Å². The van der Waals surface area contributed by atoms with E-state index < -0.39 is 0 Å². The number of hydrogen-bond acceptors (Lipinski definition) is 3. The first-order valence-corrected chi connectivity index (χ1v) is 10.8. The Balaban J connectivity index is 1.38. The summed E-state index contributed by atoms with van der Waals surface area (Å²) in [6.45, 7) is 5.76. The number of fused-ring (bicyclic) bond motifs is 1. The molecule has 30 heavy (non-hydrogen) atoms. The monoisotopic (exact) mass is 407 g/mol. The molecule has 6 nitrogen and oxygen atoms in total. The summed E-state index contributed by atoms with van der Waals surface area (Å²) in [5.74, 6) is 0.719. The van der Waals surface area contributed by atoms with Crippen molar-refractivity contribution in [3.05, 3.63) is 54.1 Å². The fourth-order valence-corrected chi connectivity index (χ4v) is 4.26. The highest BCUT2D eigenvalue weighted by Crippen LogP contribution is 2.34. The van der Waals surface area contributed by atoms with Crippen LogP contribution in [0.2, 0.25) is 0 Å². The van der Waals surface area contributed by atoms with Gasteiger partial charge in [0.25, 0.3) is 0 Å². The molecule has 2 aliphatic heterocycles. The summed E-state index contributed by atoms with van der Waals surface area (Å²) >= 11 is 0. The molecule has 0 aromatic heterocycles. The lowest BCUT2D eigenvalue weighted by molar-refractivity contribution is -0.121. The maximum atomic E-state index is 13.2. The van der Waals surface area contributed by atoms with Crippen LogP contribution in [-0.4, -0.2) is 42.6 Å². The van der Waals surface area contributed by atoms with Crippen molar-refractivity contribution in [1.82, 2.24) is 4.90 Å². The number of piperidine rings is 1. The number of nitrogens with zero attached hydrogens (tertiary/aromatic N) is 2. The van der Waals surface area contributed by atoms with Gasteiger partial charge in [0.15, 0.2) is 0 Å². The summed E-state index contributed by atoms with van der Waals surface area (Å²) in [6, 6.07) is 15.6. The summed E-state index contributed by atoms with van der Waals surface area (Å²) in [6.07, 6.45) is 2.18. The van der Waals surface area contributed by atoms with E-state index in [0.717, 1.165) is 29.1 Å². The van der Waals surface area contributed by atoms with Crippen LogP contribution >= 0.6 is 0 Å². The first-order valence-electron chi connectivity index (χ1n) is 10.8. The highest BCUT2D eigenvalue weighted by Gasteiger charge is 2.33. The quantitative estimate of drug-likeness (QED) is 0.825. The predicted octanol–water partition coefficient (Wildman–Crippen LogP) is 4.31. The molecule has 0 radical (unpaired) electrons. The molecule has 158 valence electrons. The zero-order chi connectivity index (χ0) is 21.1. The number of aryl methyl sites for hydroxylation is 1. The number of carbonyl (C=O) groups excluding carboxylic acids is 2.